The Morgan fingerprint density at radius 1 is 1.62 bits per heavy atom. The maximum Gasteiger partial charge on any atom is 0.252 e. The molecule has 1 fully saturated rings. The molecule has 1 aliphatic rings. The van der Waals surface area contributed by atoms with Crippen LogP contribution in [0.5, 0.6) is 0 Å². The molecule has 0 aromatic carbocycles. The highest BCUT2D eigenvalue weighted by Gasteiger charge is 2.18. The van der Waals surface area contributed by atoms with Crippen LogP contribution in [-0.4, -0.2) is 54.2 Å². The summed E-state index contributed by atoms with van der Waals surface area (Å²) in [6.07, 6.45) is 5.46. The normalized spacial score (nSPS) is 18.7. The highest BCUT2D eigenvalue weighted by molar-refractivity contribution is 5.96. The summed E-state index contributed by atoms with van der Waals surface area (Å²) in [4.78, 5) is 18.5. The molecule has 2 rings (SSSR count). The van der Waals surface area contributed by atoms with Crippen LogP contribution in [0.3, 0.4) is 0 Å². The van der Waals surface area contributed by atoms with Gasteiger partial charge in [-0.05, 0) is 38.4 Å². The Hall–Kier alpha value is -1.90. The summed E-state index contributed by atoms with van der Waals surface area (Å²) >= 11 is 0. The van der Waals surface area contributed by atoms with Crippen molar-refractivity contribution >= 4 is 5.91 Å². The van der Waals surface area contributed by atoms with E-state index in [2.05, 4.69) is 34.1 Å². The van der Waals surface area contributed by atoms with E-state index in [1.807, 2.05) is 0 Å². The van der Waals surface area contributed by atoms with Gasteiger partial charge in [-0.25, -0.2) is 0 Å². The number of hydrogen-bond acceptors (Lipinski definition) is 4. The molecule has 0 bridgehead atoms. The summed E-state index contributed by atoms with van der Waals surface area (Å²) in [6.45, 7) is 2.60. The standard InChI is InChI=1S/C16H21N3O2/c1-19-8-2-4-13(12-19)10-18-16(21)15-6-7-17-11-14(15)5-3-9-20/h6-7,11,13,20H,2,4,8-10,12H2,1H3,(H,18,21). The van der Waals surface area contributed by atoms with Crippen molar-refractivity contribution in [1.82, 2.24) is 15.2 Å². The second kappa shape index (κ2) is 7.77. The molecule has 21 heavy (non-hydrogen) atoms. The molecule has 1 aromatic rings. The zero-order valence-electron chi connectivity index (χ0n) is 12.3. The summed E-state index contributed by atoms with van der Waals surface area (Å²) < 4.78 is 0. The second-order valence-electron chi connectivity index (χ2n) is 5.36. The molecule has 1 aliphatic heterocycles. The third-order valence-corrected chi connectivity index (χ3v) is 3.64. The van der Waals surface area contributed by atoms with Gasteiger partial charge in [0.15, 0.2) is 0 Å². The third kappa shape index (κ3) is 4.55. The topological polar surface area (TPSA) is 65.5 Å². The number of nitrogens with zero attached hydrogens (tertiary/aromatic N) is 2. The molecule has 1 saturated heterocycles. The Balaban J connectivity index is 1.97. The predicted molar refractivity (Wildman–Crippen MR) is 80.8 cm³/mol. The molecule has 2 N–H and O–H groups in total. The average molecular weight is 287 g/mol. The molecule has 1 atom stereocenters. The molecule has 1 unspecified atom stereocenters. The maximum absolute atomic E-state index is 12.3. The van der Waals surface area contributed by atoms with Crippen molar-refractivity contribution in [2.75, 3.05) is 33.3 Å². The van der Waals surface area contributed by atoms with E-state index in [-0.39, 0.29) is 12.5 Å². The summed E-state index contributed by atoms with van der Waals surface area (Å²) in [5.41, 5.74) is 1.06. The lowest BCUT2D eigenvalue weighted by Crippen LogP contribution is -2.39. The van der Waals surface area contributed by atoms with Crippen molar-refractivity contribution in [2.45, 2.75) is 12.8 Å². The molecule has 0 aliphatic carbocycles. The largest absolute Gasteiger partial charge is 0.384 e. The summed E-state index contributed by atoms with van der Waals surface area (Å²) in [7, 11) is 2.11. The fraction of sp³-hybridized carbons (Fsp3) is 0.500. The lowest BCUT2D eigenvalue weighted by molar-refractivity contribution is 0.0936. The molecular weight excluding hydrogens is 266 g/mol. The number of pyridine rings is 1. The van der Waals surface area contributed by atoms with E-state index in [4.69, 9.17) is 5.11 Å². The van der Waals surface area contributed by atoms with Crippen LogP contribution < -0.4 is 5.32 Å². The minimum atomic E-state index is -0.232. The molecule has 1 aromatic heterocycles. The van der Waals surface area contributed by atoms with E-state index in [1.165, 1.54) is 6.42 Å². The Morgan fingerprint density at radius 3 is 3.24 bits per heavy atom. The van der Waals surface area contributed by atoms with Crippen LogP contribution in [0.4, 0.5) is 0 Å². The Kier molecular flexibility index (Phi) is 5.73. The molecule has 5 nitrogen and oxygen atoms in total. The summed E-state index contributed by atoms with van der Waals surface area (Å²) in [5.74, 6) is 5.68. The maximum atomic E-state index is 12.3. The van der Waals surface area contributed by atoms with Gasteiger partial charge in [-0.3, -0.25) is 9.78 Å². The van der Waals surface area contributed by atoms with Gasteiger partial charge in [-0.2, -0.15) is 0 Å². The van der Waals surface area contributed by atoms with Gasteiger partial charge in [-0.1, -0.05) is 11.8 Å². The number of aliphatic hydroxyl groups excluding tert-OH is 1. The first-order chi connectivity index (χ1) is 10.2. The van der Waals surface area contributed by atoms with Crippen LogP contribution in [0.25, 0.3) is 0 Å². The first kappa shape index (κ1) is 15.5. The lowest BCUT2D eigenvalue weighted by Gasteiger charge is -2.29. The number of rotatable bonds is 3. The van der Waals surface area contributed by atoms with Gasteiger partial charge in [0.25, 0.3) is 5.91 Å². The van der Waals surface area contributed by atoms with Gasteiger partial charge >= 0.3 is 0 Å². The zero-order chi connectivity index (χ0) is 15.1. The van der Waals surface area contributed by atoms with E-state index < -0.39 is 0 Å². The van der Waals surface area contributed by atoms with Gasteiger partial charge in [0.05, 0.1) is 11.1 Å². The number of aromatic nitrogens is 1. The van der Waals surface area contributed by atoms with Crippen LogP contribution >= 0.6 is 0 Å². The Morgan fingerprint density at radius 2 is 2.48 bits per heavy atom. The highest BCUT2D eigenvalue weighted by atomic mass is 16.2. The van der Waals surface area contributed by atoms with Crippen molar-refractivity contribution in [3.05, 3.63) is 29.6 Å². The van der Waals surface area contributed by atoms with E-state index in [0.29, 0.717) is 23.6 Å². The van der Waals surface area contributed by atoms with Crippen LogP contribution in [0, 0.1) is 17.8 Å². The Labute approximate surface area is 125 Å². The van der Waals surface area contributed by atoms with Gasteiger partial charge in [-0.15, -0.1) is 0 Å². The molecular formula is C16H21N3O2. The molecule has 0 saturated carbocycles. The number of carbonyl (C=O) groups excluding carboxylic acids is 1. The van der Waals surface area contributed by atoms with Crippen LogP contribution in [0.15, 0.2) is 18.5 Å². The summed E-state index contributed by atoms with van der Waals surface area (Å²) in [5, 5.41) is 11.7. The van der Waals surface area contributed by atoms with Gasteiger partial charge in [0.2, 0.25) is 0 Å². The molecule has 2 heterocycles. The number of hydrogen-bond donors (Lipinski definition) is 2. The summed E-state index contributed by atoms with van der Waals surface area (Å²) in [6, 6.07) is 1.66. The number of carbonyl (C=O) groups is 1. The SMILES string of the molecule is CN1CCCC(CNC(=O)c2ccncc2C#CCO)C1. The second-order valence-corrected chi connectivity index (χ2v) is 5.36. The van der Waals surface area contributed by atoms with Crippen molar-refractivity contribution in [1.29, 1.82) is 0 Å². The number of nitrogens with one attached hydrogen (secondary N) is 1. The van der Waals surface area contributed by atoms with E-state index in [9.17, 15) is 4.79 Å². The zero-order valence-corrected chi connectivity index (χ0v) is 12.3. The van der Waals surface area contributed by atoms with Crippen LogP contribution in [-0.2, 0) is 0 Å². The quantitative estimate of drug-likeness (QED) is 0.795. The van der Waals surface area contributed by atoms with Crippen molar-refractivity contribution in [3.63, 3.8) is 0 Å². The minimum Gasteiger partial charge on any atom is -0.384 e. The Bertz CT molecular complexity index is 548. The fourth-order valence-electron chi connectivity index (χ4n) is 2.60. The molecule has 1 amide bonds. The van der Waals surface area contributed by atoms with Gasteiger partial charge in [0, 0.05) is 25.5 Å². The third-order valence-electron chi connectivity index (χ3n) is 3.64. The van der Waals surface area contributed by atoms with Crippen molar-refractivity contribution in [2.24, 2.45) is 5.92 Å². The molecule has 5 heteroatoms. The number of piperidine rings is 1. The van der Waals surface area contributed by atoms with E-state index in [1.54, 1.807) is 18.5 Å². The number of amides is 1. The first-order valence-electron chi connectivity index (χ1n) is 7.21. The highest BCUT2D eigenvalue weighted by Crippen LogP contribution is 2.14. The van der Waals surface area contributed by atoms with E-state index in [0.717, 1.165) is 19.5 Å². The number of likely N-dealkylation sites (tertiary alicyclic amines) is 1. The fourth-order valence-corrected chi connectivity index (χ4v) is 2.60. The molecule has 0 spiro atoms. The van der Waals surface area contributed by atoms with E-state index >= 15 is 0 Å². The lowest BCUT2D eigenvalue weighted by atomic mass is 9.98. The molecule has 112 valence electrons. The smallest absolute Gasteiger partial charge is 0.252 e. The first-order valence-corrected chi connectivity index (χ1v) is 7.21. The minimum absolute atomic E-state index is 0.132. The van der Waals surface area contributed by atoms with Crippen LogP contribution in [0.2, 0.25) is 0 Å². The van der Waals surface area contributed by atoms with Crippen LogP contribution in [0.1, 0.15) is 28.8 Å². The van der Waals surface area contributed by atoms with Crippen molar-refractivity contribution in [3.8, 4) is 11.8 Å². The molecule has 0 radical (unpaired) electrons. The number of aliphatic hydroxyl groups is 1. The van der Waals surface area contributed by atoms with Crippen molar-refractivity contribution < 1.29 is 9.90 Å². The predicted octanol–water partition coefficient (Wildman–Crippen LogP) is 0.497. The monoisotopic (exact) mass is 287 g/mol. The average Bonchev–Trinajstić information content (AvgIpc) is 2.51. The van der Waals surface area contributed by atoms with Gasteiger partial charge < -0.3 is 15.3 Å². The van der Waals surface area contributed by atoms with Gasteiger partial charge in [0.1, 0.15) is 6.61 Å².